The minimum absolute atomic E-state index is 0.122. The van der Waals surface area contributed by atoms with Gasteiger partial charge in [0.1, 0.15) is 0 Å². The number of benzene rings is 1. The van der Waals surface area contributed by atoms with Crippen LogP contribution in [-0.2, 0) is 14.8 Å². The van der Waals surface area contributed by atoms with Gasteiger partial charge in [-0.1, -0.05) is 24.3 Å². The summed E-state index contributed by atoms with van der Waals surface area (Å²) in [5.74, 6) is 0.708. The summed E-state index contributed by atoms with van der Waals surface area (Å²) < 4.78 is 38.0. The first kappa shape index (κ1) is 20.1. The largest absolute Gasteiger partial charge is 0.493 e. The number of ether oxygens (including phenoxy) is 2. The van der Waals surface area contributed by atoms with Gasteiger partial charge in [-0.15, -0.1) is 10.2 Å². The molecule has 0 aliphatic heterocycles. The van der Waals surface area contributed by atoms with Crippen LogP contribution in [-0.4, -0.2) is 38.7 Å². The number of anilines is 1. The van der Waals surface area contributed by atoms with Gasteiger partial charge < -0.3 is 14.8 Å². The number of amides is 1. The Hall–Kier alpha value is -2.24. The smallest absolute Gasteiger partial charge is 0.270 e. The van der Waals surface area contributed by atoms with E-state index in [0.717, 1.165) is 16.9 Å². The first-order valence-corrected chi connectivity index (χ1v) is 9.96. The molecular formula is C15H20N4O5S2. The molecule has 26 heavy (non-hydrogen) atoms. The minimum atomic E-state index is -3.90. The van der Waals surface area contributed by atoms with Crippen LogP contribution in [0.4, 0.5) is 5.13 Å². The maximum atomic E-state index is 12.6. The molecule has 0 saturated heterocycles. The van der Waals surface area contributed by atoms with Crippen molar-refractivity contribution < 1.29 is 22.7 Å². The van der Waals surface area contributed by atoms with Gasteiger partial charge in [-0.2, -0.15) is 0 Å². The van der Waals surface area contributed by atoms with Crippen LogP contribution < -0.4 is 19.5 Å². The van der Waals surface area contributed by atoms with Crippen molar-refractivity contribution in [2.24, 2.45) is 0 Å². The number of hydrogen-bond donors (Lipinski definition) is 2. The van der Waals surface area contributed by atoms with Crippen molar-refractivity contribution in [3.63, 3.8) is 0 Å². The molecular weight excluding hydrogens is 380 g/mol. The molecule has 2 rings (SSSR count). The van der Waals surface area contributed by atoms with Crippen LogP contribution in [0.5, 0.6) is 11.5 Å². The summed E-state index contributed by atoms with van der Waals surface area (Å²) >= 11 is 0.780. The third kappa shape index (κ3) is 4.68. The number of hydrogen-bond acceptors (Lipinski definition) is 8. The van der Waals surface area contributed by atoms with Crippen molar-refractivity contribution in [1.82, 2.24) is 14.9 Å². The van der Waals surface area contributed by atoms with Gasteiger partial charge in [0.25, 0.3) is 10.0 Å². The Morgan fingerprint density at radius 2 is 1.92 bits per heavy atom. The monoisotopic (exact) mass is 400 g/mol. The summed E-state index contributed by atoms with van der Waals surface area (Å²) in [4.78, 5) is 11.0. The highest BCUT2D eigenvalue weighted by atomic mass is 32.2. The first-order valence-electron chi connectivity index (χ1n) is 7.66. The molecule has 0 unspecified atom stereocenters. The number of carbonyl (C=O) groups excluding carboxylic acids is 1. The van der Waals surface area contributed by atoms with E-state index in [1.165, 1.54) is 21.1 Å². The molecule has 0 spiro atoms. The molecule has 1 aromatic heterocycles. The lowest BCUT2D eigenvalue weighted by Crippen LogP contribution is -2.28. The molecule has 1 amide bonds. The van der Waals surface area contributed by atoms with Crippen LogP contribution in [0.15, 0.2) is 22.5 Å². The second-order valence-corrected chi connectivity index (χ2v) is 8.12. The normalized spacial score (nSPS) is 12.5. The Kier molecular flexibility index (Phi) is 6.51. The molecule has 1 aromatic carbocycles. The van der Waals surface area contributed by atoms with Gasteiger partial charge >= 0.3 is 0 Å². The number of carbonyl (C=O) groups is 1. The van der Waals surface area contributed by atoms with Gasteiger partial charge in [0, 0.05) is 13.0 Å². The second-order valence-electron chi connectivity index (χ2n) is 5.25. The maximum absolute atomic E-state index is 12.6. The molecule has 0 fully saturated rings. The topological polar surface area (TPSA) is 120 Å². The van der Waals surface area contributed by atoms with E-state index in [2.05, 4.69) is 20.2 Å². The van der Waals surface area contributed by atoms with Crippen LogP contribution in [0, 0.1) is 0 Å². The number of sulfonamides is 1. The van der Waals surface area contributed by atoms with Crippen molar-refractivity contribution in [3.05, 3.63) is 23.8 Å². The predicted octanol–water partition coefficient (Wildman–Crippen LogP) is 1.94. The third-order valence-electron chi connectivity index (χ3n) is 3.43. The van der Waals surface area contributed by atoms with Crippen LogP contribution in [0.3, 0.4) is 0 Å². The quantitative estimate of drug-likeness (QED) is 0.650. The molecule has 11 heteroatoms. The van der Waals surface area contributed by atoms with Crippen LogP contribution in [0.25, 0.3) is 0 Å². The van der Waals surface area contributed by atoms with E-state index in [0.29, 0.717) is 17.9 Å². The molecule has 9 nitrogen and oxygen atoms in total. The molecule has 0 radical (unpaired) electrons. The average molecular weight is 400 g/mol. The van der Waals surface area contributed by atoms with E-state index in [4.69, 9.17) is 9.47 Å². The number of rotatable bonds is 8. The SMILES string of the molecule is CC[C@@H](NS(=O)(=O)c1nnc(NC(C)=O)s1)c1ccc(OC)c(OC)c1. The fourth-order valence-corrected chi connectivity index (χ4v) is 4.48. The Morgan fingerprint density at radius 3 is 2.50 bits per heavy atom. The third-order valence-corrected chi connectivity index (χ3v) is 6.11. The van der Waals surface area contributed by atoms with E-state index in [1.54, 1.807) is 18.2 Å². The Balaban J connectivity index is 2.25. The van der Waals surface area contributed by atoms with Crippen molar-refractivity contribution in [2.75, 3.05) is 19.5 Å². The lowest BCUT2D eigenvalue weighted by Gasteiger charge is -2.18. The number of methoxy groups -OCH3 is 2. The molecule has 142 valence electrons. The van der Waals surface area contributed by atoms with E-state index in [1.807, 2.05) is 6.92 Å². The van der Waals surface area contributed by atoms with E-state index in [9.17, 15) is 13.2 Å². The second kappa shape index (κ2) is 8.43. The van der Waals surface area contributed by atoms with Gasteiger partial charge in [-0.05, 0) is 24.1 Å². The Labute approximate surface area is 155 Å². The summed E-state index contributed by atoms with van der Waals surface area (Å²) in [6.07, 6.45) is 0.506. The zero-order chi connectivity index (χ0) is 19.3. The summed E-state index contributed by atoms with van der Waals surface area (Å²) in [5.41, 5.74) is 0.723. The van der Waals surface area contributed by atoms with Gasteiger partial charge in [0.2, 0.25) is 15.4 Å². The van der Waals surface area contributed by atoms with Gasteiger partial charge in [-0.25, -0.2) is 13.1 Å². The number of nitrogens with one attached hydrogen (secondary N) is 2. The van der Waals surface area contributed by atoms with Crippen LogP contribution in [0.2, 0.25) is 0 Å². The lowest BCUT2D eigenvalue weighted by atomic mass is 10.1. The highest BCUT2D eigenvalue weighted by Gasteiger charge is 2.25. The van der Waals surface area contributed by atoms with Crippen LogP contribution in [0.1, 0.15) is 31.9 Å². The summed E-state index contributed by atoms with van der Waals surface area (Å²) in [7, 11) is -0.860. The standard InChI is InChI=1S/C15H20N4O5S2/c1-5-11(10-6-7-12(23-3)13(8-10)24-4)19-26(21,22)15-18-17-14(25-15)16-9(2)20/h6-8,11,19H,5H2,1-4H3,(H,16,17,20)/t11-/m1/s1. The molecule has 2 aromatic rings. The highest BCUT2D eigenvalue weighted by Crippen LogP contribution is 2.31. The van der Waals surface area contributed by atoms with E-state index >= 15 is 0 Å². The first-order chi connectivity index (χ1) is 12.3. The molecule has 0 aliphatic rings. The lowest BCUT2D eigenvalue weighted by molar-refractivity contribution is -0.114. The minimum Gasteiger partial charge on any atom is -0.493 e. The highest BCUT2D eigenvalue weighted by molar-refractivity contribution is 7.91. The summed E-state index contributed by atoms with van der Waals surface area (Å²) in [6.45, 7) is 3.16. The number of aromatic nitrogens is 2. The summed E-state index contributed by atoms with van der Waals surface area (Å²) in [5, 5.41) is 9.83. The molecule has 1 heterocycles. The predicted molar refractivity (Wildman–Crippen MR) is 97.1 cm³/mol. The molecule has 0 bridgehead atoms. The molecule has 0 aliphatic carbocycles. The van der Waals surface area contributed by atoms with Crippen molar-refractivity contribution in [3.8, 4) is 11.5 Å². The van der Waals surface area contributed by atoms with Gasteiger partial charge in [0.15, 0.2) is 11.5 Å². The average Bonchev–Trinajstić information content (AvgIpc) is 3.07. The maximum Gasteiger partial charge on any atom is 0.270 e. The molecule has 2 N–H and O–H groups in total. The Morgan fingerprint density at radius 1 is 1.23 bits per heavy atom. The van der Waals surface area contributed by atoms with Crippen molar-refractivity contribution >= 4 is 32.4 Å². The van der Waals surface area contributed by atoms with Crippen molar-refractivity contribution in [2.45, 2.75) is 30.6 Å². The van der Waals surface area contributed by atoms with Crippen LogP contribution >= 0.6 is 11.3 Å². The molecule has 0 saturated carbocycles. The Bertz CT molecular complexity index is 882. The zero-order valence-corrected chi connectivity index (χ0v) is 16.4. The fourth-order valence-electron chi connectivity index (χ4n) is 2.21. The fraction of sp³-hybridized carbons (Fsp3) is 0.400. The van der Waals surface area contributed by atoms with Crippen molar-refractivity contribution in [1.29, 1.82) is 0 Å². The van der Waals surface area contributed by atoms with E-state index in [-0.39, 0.29) is 15.4 Å². The zero-order valence-electron chi connectivity index (χ0n) is 14.8. The van der Waals surface area contributed by atoms with Gasteiger partial charge in [0.05, 0.1) is 14.2 Å². The number of nitrogens with zero attached hydrogens (tertiary/aromatic N) is 2. The van der Waals surface area contributed by atoms with E-state index < -0.39 is 16.1 Å². The van der Waals surface area contributed by atoms with Gasteiger partial charge in [-0.3, -0.25) is 4.79 Å². The summed E-state index contributed by atoms with van der Waals surface area (Å²) in [6, 6.07) is 4.71. The molecule has 1 atom stereocenters.